The highest BCUT2D eigenvalue weighted by Gasteiger charge is 2.33. The second-order valence-corrected chi connectivity index (χ2v) is 4.83. The summed E-state index contributed by atoms with van der Waals surface area (Å²) in [7, 11) is 1.85. The van der Waals surface area contributed by atoms with Crippen LogP contribution < -0.4 is 11.1 Å². The minimum Gasteiger partial charge on any atom is -0.337 e. The van der Waals surface area contributed by atoms with E-state index in [4.69, 9.17) is 5.73 Å². The molecule has 1 aliphatic carbocycles. The van der Waals surface area contributed by atoms with Crippen LogP contribution in [0.2, 0.25) is 0 Å². The number of nitriles is 1. The minimum atomic E-state index is -0.626. The van der Waals surface area contributed by atoms with E-state index in [9.17, 15) is 10.1 Å². The fraction of sp³-hybridized carbons (Fsp3) is 0.833. The molecule has 1 amide bonds. The quantitative estimate of drug-likeness (QED) is 0.718. The summed E-state index contributed by atoms with van der Waals surface area (Å²) < 4.78 is 0. The maximum absolute atomic E-state index is 11.8. The zero-order valence-corrected chi connectivity index (χ0v) is 10.5. The van der Waals surface area contributed by atoms with Crippen LogP contribution in [0.25, 0.3) is 0 Å². The summed E-state index contributed by atoms with van der Waals surface area (Å²) in [4.78, 5) is 13.7. The molecule has 0 atom stereocenters. The topological polar surface area (TPSA) is 82.2 Å². The number of nitrogens with two attached hydrogens (primary N) is 1. The number of hydrogen-bond donors (Lipinski definition) is 2. The largest absolute Gasteiger partial charge is 0.337 e. The Hall–Kier alpha value is -1.12. The maximum atomic E-state index is 11.8. The van der Waals surface area contributed by atoms with Crippen LogP contribution in [0.4, 0.5) is 0 Å². The first-order valence-electron chi connectivity index (χ1n) is 6.23. The lowest BCUT2D eigenvalue weighted by atomic mass is 9.83. The highest BCUT2D eigenvalue weighted by Crippen LogP contribution is 2.27. The summed E-state index contributed by atoms with van der Waals surface area (Å²) in [5.41, 5.74) is 4.79. The number of rotatable bonds is 5. The molecule has 1 fully saturated rings. The maximum Gasteiger partial charge on any atom is 0.235 e. The molecule has 0 spiro atoms. The number of likely N-dealkylation sites (N-methyl/N-ethyl adjacent to an activating group) is 1. The van der Waals surface area contributed by atoms with Crippen LogP contribution in [-0.2, 0) is 4.79 Å². The first-order valence-corrected chi connectivity index (χ1v) is 6.23. The van der Waals surface area contributed by atoms with E-state index in [-0.39, 0.29) is 5.91 Å². The van der Waals surface area contributed by atoms with Gasteiger partial charge in [0, 0.05) is 13.1 Å². The Morgan fingerprint density at radius 2 is 2.12 bits per heavy atom. The summed E-state index contributed by atoms with van der Waals surface area (Å²) in [6.45, 7) is 1.53. The van der Waals surface area contributed by atoms with E-state index in [1.165, 1.54) is 0 Å². The Morgan fingerprint density at radius 1 is 1.47 bits per heavy atom. The van der Waals surface area contributed by atoms with Gasteiger partial charge in [0.2, 0.25) is 5.91 Å². The Kier molecular flexibility index (Phi) is 5.39. The molecule has 5 heteroatoms. The molecule has 0 heterocycles. The summed E-state index contributed by atoms with van der Waals surface area (Å²) in [6, 6.07) is 2.28. The third-order valence-corrected chi connectivity index (χ3v) is 3.22. The van der Waals surface area contributed by atoms with Gasteiger partial charge >= 0.3 is 0 Å². The van der Waals surface area contributed by atoms with E-state index in [0.717, 1.165) is 32.1 Å². The summed E-state index contributed by atoms with van der Waals surface area (Å²) in [5.74, 6) is -0.0793. The van der Waals surface area contributed by atoms with Crippen molar-refractivity contribution >= 4 is 5.91 Å². The first-order chi connectivity index (χ1) is 8.12. The number of carbonyl (C=O) groups excluding carboxylic acids is 1. The van der Waals surface area contributed by atoms with Crippen LogP contribution in [0.3, 0.4) is 0 Å². The molecule has 0 aromatic rings. The SMILES string of the molecule is CN(CCN)CC(=O)NC1(C#N)CCCCC1. The van der Waals surface area contributed by atoms with Crippen LogP contribution in [0, 0.1) is 11.3 Å². The number of hydrogen-bond acceptors (Lipinski definition) is 4. The van der Waals surface area contributed by atoms with Crippen molar-refractivity contribution in [3.8, 4) is 6.07 Å². The molecule has 0 aromatic heterocycles. The molecule has 17 heavy (non-hydrogen) atoms. The highest BCUT2D eigenvalue weighted by atomic mass is 16.2. The summed E-state index contributed by atoms with van der Waals surface area (Å²) in [5, 5.41) is 12.1. The van der Waals surface area contributed by atoms with Crippen molar-refractivity contribution in [3.05, 3.63) is 0 Å². The normalized spacial score (nSPS) is 18.7. The molecule has 1 rings (SSSR count). The van der Waals surface area contributed by atoms with E-state index < -0.39 is 5.54 Å². The van der Waals surface area contributed by atoms with E-state index >= 15 is 0 Å². The zero-order valence-electron chi connectivity index (χ0n) is 10.5. The highest BCUT2D eigenvalue weighted by molar-refractivity contribution is 5.79. The zero-order chi connectivity index (χ0) is 12.7. The van der Waals surface area contributed by atoms with Gasteiger partial charge in [-0.25, -0.2) is 0 Å². The van der Waals surface area contributed by atoms with E-state index in [2.05, 4.69) is 11.4 Å². The molecule has 5 nitrogen and oxygen atoms in total. The third-order valence-electron chi connectivity index (χ3n) is 3.22. The van der Waals surface area contributed by atoms with Gasteiger partial charge in [0.25, 0.3) is 0 Å². The molecule has 0 unspecified atom stereocenters. The second kappa shape index (κ2) is 6.58. The van der Waals surface area contributed by atoms with Gasteiger partial charge in [-0.15, -0.1) is 0 Å². The van der Waals surface area contributed by atoms with Crippen LogP contribution in [0.1, 0.15) is 32.1 Å². The molecule has 0 saturated heterocycles. The Morgan fingerprint density at radius 3 is 2.65 bits per heavy atom. The van der Waals surface area contributed by atoms with Gasteiger partial charge < -0.3 is 11.1 Å². The Balaban J connectivity index is 2.45. The summed E-state index contributed by atoms with van der Waals surface area (Å²) >= 11 is 0. The van der Waals surface area contributed by atoms with Crippen molar-refractivity contribution in [2.45, 2.75) is 37.6 Å². The molecule has 1 saturated carbocycles. The lowest BCUT2D eigenvalue weighted by Crippen LogP contribution is -2.51. The molecule has 1 aliphatic rings. The van der Waals surface area contributed by atoms with Gasteiger partial charge in [-0.1, -0.05) is 19.3 Å². The van der Waals surface area contributed by atoms with Crippen molar-refractivity contribution in [2.75, 3.05) is 26.7 Å². The van der Waals surface area contributed by atoms with Crippen LogP contribution in [0.15, 0.2) is 0 Å². The lowest BCUT2D eigenvalue weighted by molar-refractivity contribution is -0.123. The molecule has 0 aliphatic heterocycles. The molecule has 0 bridgehead atoms. The van der Waals surface area contributed by atoms with Gasteiger partial charge in [-0.2, -0.15) is 5.26 Å². The molecule has 3 N–H and O–H groups in total. The van der Waals surface area contributed by atoms with Gasteiger partial charge in [-0.3, -0.25) is 9.69 Å². The van der Waals surface area contributed by atoms with Gasteiger partial charge in [0.1, 0.15) is 5.54 Å². The van der Waals surface area contributed by atoms with Crippen molar-refractivity contribution in [3.63, 3.8) is 0 Å². The number of amides is 1. The first kappa shape index (κ1) is 13.9. The van der Waals surface area contributed by atoms with E-state index in [0.29, 0.717) is 19.6 Å². The molecular formula is C12H22N4O. The van der Waals surface area contributed by atoms with Crippen molar-refractivity contribution in [2.24, 2.45) is 5.73 Å². The fourth-order valence-electron chi connectivity index (χ4n) is 2.27. The van der Waals surface area contributed by atoms with Crippen LogP contribution in [-0.4, -0.2) is 43.0 Å². The third kappa shape index (κ3) is 4.33. The van der Waals surface area contributed by atoms with Crippen molar-refractivity contribution < 1.29 is 4.79 Å². The standard InChI is InChI=1S/C12H22N4O/c1-16(8-7-13)9-11(17)15-12(10-14)5-3-2-4-6-12/h2-9,13H2,1H3,(H,15,17). The Labute approximate surface area is 103 Å². The van der Waals surface area contributed by atoms with E-state index in [1.807, 2.05) is 11.9 Å². The number of nitrogens with one attached hydrogen (secondary N) is 1. The van der Waals surface area contributed by atoms with Gasteiger partial charge in [0.15, 0.2) is 0 Å². The molecule has 0 aromatic carbocycles. The molecule has 0 radical (unpaired) electrons. The van der Waals surface area contributed by atoms with Crippen molar-refractivity contribution in [1.82, 2.24) is 10.2 Å². The number of nitrogens with zero attached hydrogens (tertiary/aromatic N) is 2. The smallest absolute Gasteiger partial charge is 0.235 e. The van der Waals surface area contributed by atoms with Crippen molar-refractivity contribution in [1.29, 1.82) is 5.26 Å². The fourth-order valence-corrected chi connectivity index (χ4v) is 2.27. The average molecular weight is 238 g/mol. The van der Waals surface area contributed by atoms with Gasteiger partial charge in [-0.05, 0) is 19.9 Å². The van der Waals surface area contributed by atoms with E-state index in [1.54, 1.807) is 0 Å². The van der Waals surface area contributed by atoms with Crippen LogP contribution >= 0.6 is 0 Å². The molecule has 96 valence electrons. The Bertz CT molecular complexity index is 291. The minimum absolute atomic E-state index is 0.0793. The summed E-state index contributed by atoms with van der Waals surface area (Å²) in [6.07, 6.45) is 4.75. The molecular weight excluding hydrogens is 216 g/mol. The predicted octanol–water partition coefficient (Wildman–Crippen LogP) is 0.220. The van der Waals surface area contributed by atoms with Gasteiger partial charge in [0.05, 0.1) is 12.6 Å². The predicted molar refractivity (Wildman–Crippen MR) is 66.1 cm³/mol. The number of carbonyl (C=O) groups is 1. The average Bonchev–Trinajstić information content (AvgIpc) is 2.30. The van der Waals surface area contributed by atoms with Crippen LogP contribution in [0.5, 0.6) is 0 Å². The lowest BCUT2D eigenvalue weighted by Gasteiger charge is -2.32. The second-order valence-electron chi connectivity index (χ2n) is 4.83. The monoisotopic (exact) mass is 238 g/mol.